The van der Waals surface area contributed by atoms with Crippen molar-refractivity contribution in [1.29, 1.82) is 0 Å². The number of carbonyl (C=O) groups is 7. The third-order valence-electron chi connectivity index (χ3n) is 8.55. The highest BCUT2D eigenvalue weighted by Gasteiger charge is 2.39. The second-order valence-corrected chi connectivity index (χ2v) is 13.0. The summed E-state index contributed by atoms with van der Waals surface area (Å²) in [6.45, 7) is -0.814. The zero-order chi connectivity index (χ0) is 43.0. The molecule has 0 spiro atoms. The third kappa shape index (κ3) is 14.7. The van der Waals surface area contributed by atoms with Crippen LogP contribution in [0.2, 0.25) is 0 Å². The zero-order valence-electron chi connectivity index (χ0n) is 30.8. The Labute approximate surface area is 328 Å². The molecule has 58 heavy (non-hydrogen) atoms. The first-order valence-corrected chi connectivity index (χ1v) is 17.8. The molecule has 11 N–H and O–H groups in total. The molecule has 2 aromatic rings. The van der Waals surface area contributed by atoms with E-state index < -0.39 is 106 Å². The SMILES string of the molecule is NC(N)=NCCC[C@H]1NC(=O)CNC(=O)[C@@H](CC(=O)O)NC(=O)[C@H](Cc2ccccc2)NC(=O)[C@@H](CCCCNC(=O)c2ccc([N+](=O)[O-])c(C(F)(F)F)c2)NC1=O. The minimum atomic E-state index is -5.11. The van der Waals surface area contributed by atoms with Gasteiger partial charge >= 0.3 is 12.1 Å². The van der Waals surface area contributed by atoms with Crippen molar-refractivity contribution in [3.8, 4) is 0 Å². The summed E-state index contributed by atoms with van der Waals surface area (Å²) in [5.41, 5.74) is 7.96. The highest BCUT2D eigenvalue weighted by molar-refractivity contribution is 5.98. The number of alkyl halides is 3. The van der Waals surface area contributed by atoms with Gasteiger partial charge in [0.1, 0.15) is 29.7 Å². The van der Waals surface area contributed by atoms with E-state index in [9.17, 15) is 62.0 Å². The van der Waals surface area contributed by atoms with Gasteiger partial charge in [-0.1, -0.05) is 30.3 Å². The number of unbranched alkanes of at least 4 members (excludes halogenated alkanes) is 1. The molecule has 0 aromatic heterocycles. The molecule has 1 saturated heterocycles. The maximum absolute atomic E-state index is 13.9. The predicted molar refractivity (Wildman–Crippen MR) is 197 cm³/mol. The zero-order valence-corrected chi connectivity index (χ0v) is 30.8. The van der Waals surface area contributed by atoms with Crippen molar-refractivity contribution in [2.24, 2.45) is 16.5 Å². The minimum absolute atomic E-state index is 0.0531. The van der Waals surface area contributed by atoms with Crippen LogP contribution in [0.4, 0.5) is 18.9 Å². The first-order chi connectivity index (χ1) is 27.3. The monoisotopic (exact) mass is 820 g/mol. The number of benzene rings is 2. The number of aliphatic carboxylic acids is 1. The molecule has 0 aliphatic carbocycles. The first kappa shape index (κ1) is 45.6. The summed E-state index contributed by atoms with van der Waals surface area (Å²) < 4.78 is 40.3. The van der Waals surface area contributed by atoms with Crippen molar-refractivity contribution in [1.82, 2.24) is 31.9 Å². The lowest BCUT2D eigenvalue weighted by atomic mass is 10.0. The summed E-state index contributed by atoms with van der Waals surface area (Å²) in [6, 6.07) is 4.32. The first-order valence-electron chi connectivity index (χ1n) is 17.8. The standard InChI is InChI=1S/C35H43F3N10O10/c36-35(37,38)21-16-20(11-12-26(21)48(57)58)29(52)41-13-5-4-9-23-32(55)46-24(15-19-7-2-1-3-8-19)33(56)47-25(17-28(50)51)30(53)43-18-27(49)44-22(31(54)45-23)10-6-14-42-34(39)40/h1-3,7-8,11-12,16,22-25H,4-6,9-10,13-15,17-18H2,(H,41,52)(H,43,53)(H,44,49)(H,45,54)(H,46,55)(H,47,56)(H,50,51)(H4,39,40,42)/t22-,23-,24+,25-/m1/s1. The molecule has 3 rings (SSSR count). The fourth-order valence-electron chi connectivity index (χ4n) is 5.68. The molecule has 23 heteroatoms. The summed E-state index contributed by atoms with van der Waals surface area (Å²) >= 11 is 0. The fraction of sp³-hybridized carbons (Fsp3) is 0.429. The average molecular weight is 821 g/mol. The van der Waals surface area contributed by atoms with Crippen LogP contribution >= 0.6 is 0 Å². The summed E-state index contributed by atoms with van der Waals surface area (Å²) in [6.07, 6.45) is -5.98. The lowest BCUT2D eigenvalue weighted by Gasteiger charge is -2.26. The van der Waals surface area contributed by atoms with Crippen molar-refractivity contribution in [2.45, 2.75) is 75.3 Å². The maximum atomic E-state index is 13.9. The minimum Gasteiger partial charge on any atom is -0.481 e. The maximum Gasteiger partial charge on any atom is 0.423 e. The number of hydrogen-bond donors (Lipinski definition) is 9. The number of carboxylic acids is 1. The number of nitro benzene ring substituents is 1. The second-order valence-electron chi connectivity index (χ2n) is 13.0. The Morgan fingerprint density at radius 1 is 0.845 bits per heavy atom. The number of nitrogens with two attached hydrogens (primary N) is 2. The highest BCUT2D eigenvalue weighted by Crippen LogP contribution is 2.36. The number of nitrogens with one attached hydrogen (secondary N) is 6. The molecule has 0 saturated carbocycles. The Bertz CT molecular complexity index is 1880. The van der Waals surface area contributed by atoms with Crippen LogP contribution in [0.25, 0.3) is 0 Å². The molecule has 4 atom stereocenters. The van der Waals surface area contributed by atoms with Gasteiger partial charge in [0.2, 0.25) is 29.5 Å². The van der Waals surface area contributed by atoms with E-state index in [0.717, 1.165) is 6.07 Å². The van der Waals surface area contributed by atoms with Gasteiger partial charge in [-0.3, -0.25) is 48.7 Å². The van der Waals surface area contributed by atoms with Gasteiger partial charge < -0.3 is 48.5 Å². The van der Waals surface area contributed by atoms with Crippen molar-refractivity contribution in [3.05, 3.63) is 75.3 Å². The number of carbonyl (C=O) groups excluding carboxylic acids is 6. The van der Waals surface area contributed by atoms with Gasteiger partial charge in [0.05, 0.1) is 17.9 Å². The van der Waals surface area contributed by atoms with Gasteiger partial charge in [-0.15, -0.1) is 0 Å². The lowest BCUT2D eigenvalue weighted by Crippen LogP contribution is -2.58. The van der Waals surface area contributed by atoms with Crippen LogP contribution in [-0.2, 0) is 41.4 Å². The highest BCUT2D eigenvalue weighted by atomic mass is 19.4. The van der Waals surface area contributed by atoms with Crippen LogP contribution in [0.5, 0.6) is 0 Å². The van der Waals surface area contributed by atoms with Crippen LogP contribution in [0.3, 0.4) is 0 Å². The van der Waals surface area contributed by atoms with Crippen molar-refractivity contribution in [2.75, 3.05) is 19.6 Å². The molecule has 20 nitrogen and oxygen atoms in total. The predicted octanol–water partition coefficient (Wildman–Crippen LogP) is -0.646. The second kappa shape index (κ2) is 21.5. The average Bonchev–Trinajstić information content (AvgIpc) is 3.15. The van der Waals surface area contributed by atoms with E-state index in [2.05, 4.69) is 36.9 Å². The van der Waals surface area contributed by atoms with Crippen LogP contribution in [0, 0.1) is 10.1 Å². The molecule has 0 radical (unpaired) electrons. The Balaban J connectivity index is 1.87. The third-order valence-corrected chi connectivity index (χ3v) is 8.55. The molecule has 314 valence electrons. The fourth-order valence-corrected chi connectivity index (χ4v) is 5.68. The number of hydrogen-bond acceptors (Lipinski definition) is 10. The van der Waals surface area contributed by atoms with E-state index >= 15 is 0 Å². The number of rotatable bonds is 15. The van der Waals surface area contributed by atoms with Crippen LogP contribution in [0.15, 0.2) is 53.5 Å². The van der Waals surface area contributed by atoms with Gasteiger partial charge in [-0.05, 0) is 49.8 Å². The molecule has 1 aliphatic heterocycles. The Kier molecular flexibility index (Phi) is 16.9. The van der Waals surface area contributed by atoms with Crippen LogP contribution in [-0.4, -0.2) is 101 Å². The molecular weight excluding hydrogens is 777 g/mol. The van der Waals surface area contributed by atoms with E-state index in [1.807, 2.05) is 0 Å². The number of halogens is 3. The molecule has 0 unspecified atom stereocenters. The summed E-state index contributed by atoms with van der Waals surface area (Å²) in [7, 11) is 0. The van der Waals surface area contributed by atoms with Crippen molar-refractivity contribution >= 4 is 53.1 Å². The van der Waals surface area contributed by atoms with E-state index in [1.165, 1.54) is 0 Å². The van der Waals surface area contributed by atoms with Gasteiger partial charge in [-0.25, -0.2) is 0 Å². The van der Waals surface area contributed by atoms with Crippen molar-refractivity contribution < 1.29 is 56.8 Å². The Hall–Kier alpha value is -6.81. The van der Waals surface area contributed by atoms with Gasteiger partial charge in [0.15, 0.2) is 5.96 Å². The van der Waals surface area contributed by atoms with Gasteiger partial charge in [0.25, 0.3) is 11.6 Å². The van der Waals surface area contributed by atoms with Gasteiger partial charge in [-0.2, -0.15) is 13.2 Å². The number of aliphatic imine (C=N–C) groups is 1. The van der Waals surface area contributed by atoms with Crippen LogP contribution in [0.1, 0.15) is 60.0 Å². The largest absolute Gasteiger partial charge is 0.481 e. The smallest absolute Gasteiger partial charge is 0.423 e. The summed E-state index contributed by atoms with van der Waals surface area (Å²) in [5, 5.41) is 35.0. The Morgan fingerprint density at radius 2 is 1.45 bits per heavy atom. The number of carboxylic acid groups (broad SMARTS) is 1. The summed E-state index contributed by atoms with van der Waals surface area (Å²) in [5.74, 6) is -7.26. The van der Waals surface area contributed by atoms with E-state index in [1.54, 1.807) is 30.3 Å². The number of guanidine groups is 1. The normalized spacial score (nSPS) is 19.5. The van der Waals surface area contributed by atoms with Crippen molar-refractivity contribution in [3.63, 3.8) is 0 Å². The lowest BCUT2D eigenvalue weighted by molar-refractivity contribution is -0.388. The van der Waals surface area contributed by atoms with Crippen LogP contribution < -0.4 is 43.4 Å². The molecule has 0 bridgehead atoms. The summed E-state index contributed by atoms with van der Waals surface area (Å²) in [4.78, 5) is 105. The van der Waals surface area contributed by atoms with E-state index in [4.69, 9.17) is 11.5 Å². The van der Waals surface area contributed by atoms with Gasteiger partial charge in [0, 0.05) is 31.1 Å². The number of nitrogens with zero attached hydrogens (tertiary/aromatic N) is 2. The quantitative estimate of drug-likeness (QED) is 0.0356. The molecule has 6 amide bonds. The molecular formula is C35H43F3N10O10. The molecule has 1 heterocycles. The molecule has 2 aromatic carbocycles. The van der Waals surface area contributed by atoms with E-state index in [-0.39, 0.29) is 57.6 Å². The van der Waals surface area contributed by atoms with E-state index in [0.29, 0.717) is 17.7 Å². The molecule has 1 fully saturated rings. The molecule has 1 aliphatic rings. The Morgan fingerprint density at radius 3 is 2.07 bits per heavy atom. The topological polar surface area (TPSA) is 319 Å². The number of nitro groups is 1. The number of amides is 6.